The molecular formula is C17H9F3O5. The van der Waals surface area contributed by atoms with Gasteiger partial charge in [-0.15, -0.1) is 0 Å². The van der Waals surface area contributed by atoms with E-state index >= 15 is 0 Å². The molecule has 0 atom stereocenters. The quantitative estimate of drug-likeness (QED) is 0.732. The SMILES string of the molecule is O=C(O)c1cc(O)c2c(=O)c(-c3ccc(C(F)(F)F)cc3)coc2c1. The molecule has 25 heavy (non-hydrogen) atoms. The molecule has 3 aromatic rings. The Morgan fingerprint density at radius 3 is 2.28 bits per heavy atom. The van der Waals surface area contributed by atoms with E-state index in [4.69, 9.17) is 9.52 Å². The predicted molar refractivity (Wildman–Crippen MR) is 81.5 cm³/mol. The van der Waals surface area contributed by atoms with Gasteiger partial charge in [-0.1, -0.05) is 12.1 Å². The zero-order chi connectivity index (χ0) is 18.4. The van der Waals surface area contributed by atoms with Gasteiger partial charge in [-0.25, -0.2) is 4.79 Å². The highest BCUT2D eigenvalue weighted by molar-refractivity contribution is 5.96. The summed E-state index contributed by atoms with van der Waals surface area (Å²) >= 11 is 0. The average Bonchev–Trinajstić information content (AvgIpc) is 2.54. The first kappa shape index (κ1) is 16.6. The van der Waals surface area contributed by atoms with Crippen LogP contribution in [0.4, 0.5) is 13.2 Å². The maximum absolute atomic E-state index is 12.6. The Morgan fingerprint density at radius 1 is 1.08 bits per heavy atom. The molecule has 0 bridgehead atoms. The third-order valence-corrected chi connectivity index (χ3v) is 3.63. The number of carboxylic acids is 1. The number of hydrogen-bond acceptors (Lipinski definition) is 4. The molecule has 0 radical (unpaired) electrons. The highest BCUT2D eigenvalue weighted by Crippen LogP contribution is 2.31. The lowest BCUT2D eigenvalue weighted by Gasteiger charge is -2.08. The zero-order valence-corrected chi connectivity index (χ0v) is 12.3. The third-order valence-electron chi connectivity index (χ3n) is 3.63. The Hall–Kier alpha value is -3.29. The van der Waals surface area contributed by atoms with Crippen molar-refractivity contribution < 1.29 is 32.6 Å². The van der Waals surface area contributed by atoms with Gasteiger partial charge >= 0.3 is 12.1 Å². The van der Waals surface area contributed by atoms with Gasteiger partial charge in [-0.2, -0.15) is 13.2 Å². The van der Waals surface area contributed by atoms with E-state index in [2.05, 4.69) is 0 Å². The second-order valence-electron chi connectivity index (χ2n) is 5.23. The van der Waals surface area contributed by atoms with Crippen molar-refractivity contribution in [2.24, 2.45) is 0 Å². The number of phenols is 1. The summed E-state index contributed by atoms with van der Waals surface area (Å²) in [6, 6.07) is 5.86. The molecule has 1 heterocycles. The van der Waals surface area contributed by atoms with E-state index in [0.29, 0.717) is 0 Å². The number of carbonyl (C=O) groups is 1. The number of benzene rings is 2. The van der Waals surface area contributed by atoms with Crippen LogP contribution in [-0.2, 0) is 6.18 Å². The van der Waals surface area contributed by atoms with Gasteiger partial charge in [0.15, 0.2) is 0 Å². The van der Waals surface area contributed by atoms with Gasteiger partial charge in [0.25, 0.3) is 0 Å². The number of halogens is 3. The van der Waals surface area contributed by atoms with E-state index < -0.39 is 28.9 Å². The molecule has 0 aliphatic heterocycles. The summed E-state index contributed by atoms with van der Waals surface area (Å²) in [6.07, 6.45) is -3.49. The number of aromatic carboxylic acids is 1. The number of carboxylic acid groups (broad SMARTS) is 1. The molecule has 0 aliphatic carbocycles. The minimum Gasteiger partial charge on any atom is -0.507 e. The van der Waals surface area contributed by atoms with Crippen LogP contribution in [0.3, 0.4) is 0 Å². The number of hydrogen-bond donors (Lipinski definition) is 2. The number of phenolic OH excluding ortho intramolecular Hbond substituents is 1. The van der Waals surface area contributed by atoms with Crippen LogP contribution in [0.25, 0.3) is 22.1 Å². The van der Waals surface area contributed by atoms with Crippen LogP contribution < -0.4 is 5.43 Å². The Morgan fingerprint density at radius 2 is 1.72 bits per heavy atom. The fourth-order valence-electron chi connectivity index (χ4n) is 2.39. The molecule has 0 saturated heterocycles. The van der Waals surface area contributed by atoms with E-state index in [1.54, 1.807) is 0 Å². The minimum atomic E-state index is -4.50. The number of fused-ring (bicyclic) bond motifs is 1. The van der Waals surface area contributed by atoms with E-state index in [9.17, 15) is 27.9 Å². The molecule has 0 unspecified atom stereocenters. The fraction of sp³-hybridized carbons (Fsp3) is 0.0588. The molecule has 0 aliphatic rings. The van der Waals surface area contributed by atoms with Crippen molar-refractivity contribution in [1.82, 2.24) is 0 Å². The second-order valence-corrected chi connectivity index (χ2v) is 5.23. The van der Waals surface area contributed by atoms with Crippen molar-refractivity contribution in [3.8, 4) is 16.9 Å². The largest absolute Gasteiger partial charge is 0.507 e. The standard InChI is InChI=1S/C17H9F3O5/c18-17(19,20)10-3-1-8(2-4-10)11-7-25-13-6-9(16(23)24)5-12(21)14(13)15(11)22/h1-7,21H,(H,23,24). The molecule has 2 aromatic carbocycles. The van der Waals surface area contributed by atoms with Crippen molar-refractivity contribution in [2.75, 3.05) is 0 Å². The topological polar surface area (TPSA) is 87.7 Å². The van der Waals surface area contributed by atoms with Crippen LogP contribution in [0.1, 0.15) is 15.9 Å². The third kappa shape index (κ3) is 2.93. The first-order chi connectivity index (χ1) is 11.7. The number of aromatic hydroxyl groups is 1. The Bertz CT molecular complexity index is 1030. The summed E-state index contributed by atoms with van der Waals surface area (Å²) in [6.45, 7) is 0. The van der Waals surface area contributed by atoms with E-state index in [-0.39, 0.29) is 27.7 Å². The van der Waals surface area contributed by atoms with Crippen molar-refractivity contribution in [2.45, 2.75) is 6.18 Å². The van der Waals surface area contributed by atoms with E-state index in [1.165, 1.54) is 0 Å². The maximum atomic E-state index is 12.6. The van der Waals surface area contributed by atoms with Crippen molar-refractivity contribution in [1.29, 1.82) is 0 Å². The van der Waals surface area contributed by atoms with E-state index in [1.807, 2.05) is 0 Å². The van der Waals surface area contributed by atoms with Gasteiger partial charge in [0.2, 0.25) is 5.43 Å². The average molecular weight is 350 g/mol. The fourth-order valence-corrected chi connectivity index (χ4v) is 2.39. The highest BCUT2D eigenvalue weighted by atomic mass is 19.4. The summed E-state index contributed by atoms with van der Waals surface area (Å²) in [5.41, 5.74) is -1.84. The maximum Gasteiger partial charge on any atom is 0.416 e. The molecule has 3 rings (SSSR count). The van der Waals surface area contributed by atoms with Gasteiger partial charge in [-0.05, 0) is 29.8 Å². The van der Waals surface area contributed by atoms with Crippen LogP contribution in [0, 0.1) is 0 Å². The Kier molecular flexibility index (Phi) is 3.75. The van der Waals surface area contributed by atoms with Crippen molar-refractivity contribution in [3.63, 3.8) is 0 Å². The van der Waals surface area contributed by atoms with Crippen LogP contribution in [0.2, 0.25) is 0 Å². The normalized spacial score (nSPS) is 11.6. The molecule has 0 saturated carbocycles. The summed E-state index contributed by atoms with van der Waals surface area (Å²) in [5.74, 6) is -1.90. The van der Waals surface area contributed by atoms with Crippen LogP contribution in [0.5, 0.6) is 5.75 Å². The van der Waals surface area contributed by atoms with Crippen molar-refractivity contribution in [3.05, 3.63) is 64.0 Å². The molecule has 5 nitrogen and oxygen atoms in total. The first-order valence-corrected chi connectivity index (χ1v) is 6.88. The Labute approximate surface area is 137 Å². The lowest BCUT2D eigenvalue weighted by molar-refractivity contribution is -0.137. The summed E-state index contributed by atoms with van der Waals surface area (Å²) < 4.78 is 43.0. The second kappa shape index (κ2) is 5.66. The summed E-state index contributed by atoms with van der Waals surface area (Å²) in [4.78, 5) is 23.5. The molecule has 0 spiro atoms. The van der Waals surface area contributed by atoms with Gasteiger partial charge in [-0.3, -0.25) is 4.79 Å². The molecule has 128 valence electrons. The van der Waals surface area contributed by atoms with Crippen LogP contribution in [0.15, 0.2) is 51.9 Å². The molecular weight excluding hydrogens is 341 g/mol. The minimum absolute atomic E-state index is 0.0559. The zero-order valence-electron chi connectivity index (χ0n) is 12.3. The molecule has 0 fully saturated rings. The monoisotopic (exact) mass is 350 g/mol. The highest BCUT2D eigenvalue weighted by Gasteiger charge is 2.30. The Balaban J connectivity index is 2.17. The molecule has 0 amide bonds. The van der Waals surface area contributed by atoms with Gasteiger partial charge in [0.1, 0.15) is 23.0 Å². The molecule has 8 heteroatoms. The lowest BCUT2D eigenvalue weighted by Crippen LogP contribution is -2.07. The number of rotatable bonds is 2. The molecule has 2 N–H and O–H groups in total. The first-order valence-electron chi connectivity index (χ1n) is 6.88. The van der Waals surface area contributed by atoms with E-state index in [0.717, 1.165) is 42.7 Å². The van der Waals surface area contributed by atoms with Crippen LogP contribution >= 0.6 is 0 Å². The van der Waals surface area contributed by atoms with Gasteiger partial charge in [0.05, 0.1) is 16.7 Å². The number of alkyl halides is 3. The van der Waals surface area contributed by atoms with Crippen LogP contribution in [-0.4, -0.2) is 16.2 Å². The summed E-state index contributed by atoms with van der Waals surface area (Å²) in [7, 11) is 0. The van der Waals surface area contributed by atoms with Gasteiger partial charge in [0, 0.05) is 0 Å². The summed E-state index contributed by atoms with van der Waals surface area (Å²) in [5, 5.41) is 18.6. The molecule has 1 aromatic heterocycles. The predicted octanol–water partition coefficient (Wildman–Crippen LogP) is 3.88. The lowest BCUT2D eigenvalue weighted by atomic mass is 10.0. The van der Waals surface area contributed by atoms with Crippen molar-refractivity contribution >= 4 is 16.9 Å². The smallest absolute Gasteiger partial charge is 0.416 e. The van der Waals surface area contributed by atoms with Gasteiger partial charge < -0.3 is 14.6 Å².